The van der Waals surface area contributed by atoms with Crippen LogP contribution in [0, 0.1) is 5.82 Å². The van der Waals surface area contributed by atoms with Crippen molar-refractivity contribution in [2.24, 2.45) is 0 Å². The van der Waals surface area contributed by atoms with Crippen LogP contribution in [0.5, 0.6) is 11.5 Å². The Morgan fingerprint density at radius 3 is 2.00 bits per heavy atom. The molecule has 0 bridgehead atoms. The number of nitrogens with zero attached hydrogens (tertiary/aromatic N) is 1. The van der Waals surface area contributed by atoms with Crippen LogP contribution in [0.15, 0.2) is 48.5 Å². The van der Waals surface area contributed by atoms with Crippen molar-refractivity contribution in [2.45, 2.75) is 69.8 Å². The molecule has 0 aliphatic carbocycles. The topological polar surface area (TPSA) is 85.3 Å². The minimum atomic E-state index is -5.19. The predicted octanol–water partition coefficient (Wildman–Crippen LogP) is 9.66. The number of carbonyl (C=O) groups is 2. The third kappa shape index (κ3) is 8.90. The van der Waals surface area contributed by atoms with E-state index in [0.717, 1.165) is 29.2 Å². The number of amides is 1. The lowest BCUT2D eigenvalue weighted by Crippen LogP contribution is -2.32. The Labute approximate surface area is 278 Å². The van der Waals surface area contributed by atoms with Crippen LogP contribution in [-0.2, 0) is 34.6 Å². The number of halogens is 10. The van der Waals surface area contributed by atoms with E-state index in [1.165, 1.54) is 14.0 Å². The molecule has 0 radical (unpaired) electrons. The molecule has 17 heteroatoms. The van der Waals surface area contributed by atoms with Crippen LogP contribution < -0.4 is 9.47 Å². The molecule has 1 fully saturated rings. The van der Waals surface area contributed by atoms with Gasteiger partial charge in [-0.25, -0.2) is 9.18 Å². The third-order valence-electron chi connectivity index (χ3n) is 7.94. The minimum Gasteiger partial charge on any atom is -0.496 e. The highest BCUT2D eigenvalue weighted by atomic mass is 19.4. The van der Waals surface area contributed by atoms with Crippen LogP contribution in [0.4, 0.5) is 48.7 Å². The number of unbranched alkanes of at least 4 members (excludes halogenated alkanes) is 2. The lowest BCUT2D eigenvalue weighted by molar-refractivity contribution is -0.143. The molecule has 50 heavy (non-hydrogen) atoms. The van der Waals surface area contributed by atoms with E-state index in [0.29, 0.717) is 37.5 Å². The van der Waals surface area contributed by atoms with E-state index < -0.39 is 77.4 Å². The Morgan fingerprint density at radius 2 is 1.44 bits per heavy atom. The van der Waals surface area contributed by atoms with Crippen LogP contribution in [0.3, 0.4) is 0 Å². The second-order valence-electron chi connectivity index (χ2n) is 11.4. The number of benzene rings is 3. The number of aliphatic carboxylic acids is 1. The summed E-state index contributed by atoms with van der Waals surface area (Å²) in [6, 6.07) is 3.98. The van der Waals surface area contributed by atoms with E-state index in [1.807, 2.05) is 0 Å². The van der Waals surface area contributed by atoms with Gasteiger partial charge in [-0.1, -0.05) is 6.07 Å². The molecule has 2 atom stereocenters. The summed E-state index contributed by atoms with van der Waals surface area (Å²) in [5.41, 5.74) is -5.25. The molecule has 3 aromatic rings. The molecule has 1 aliphatic rings. The van der Waals surface area contributed by atoms with Gasteiger partial charge in [0.25, 0.3) is 0 Å². The predicted molar refractivity (Wildman–Crippen MR) is 156 cm³/mol. The van der Waals surface area contributed by atoms with Crippen LogP contribution in [0.1, 0.15) is 66.5 Å². The van der Waals surface area contributed by atoms with E-state index in [1.54, 1.807) is 0 Å². The largest absolute Gasteiger partial charge is 0.496 e. The number of rotatable bonds is 12. The van der Waals surface area contributed by atoms with Gasteiger partial charge in [0, 0.05) is 18.1 Å². The molecule has 0 spiro atoms. The summed E-state index contributed by atoms with van der Waals surface area (Å²) in [6.45, 7) is 0.546. The highest BCUT2D eigenvalue weighted by Crippen LogP contribution is 2.44. The summed E-state index contributed by atoms with van der Waals surface area (Å²) in [6.07, 6.45) is -17.1. The van der Waals surface area contributed by atoms with Gasteiger partial charge < -0.3 is 19.3 Å². The first-order chi connectivity index (χ1) is 23.2. The number of carboxylic acid groups (broad SMARTS) is 1. The first-order valence-corrected chi connectivity index (χ1v) is 14.9. The molecule has 7 nitrogen and oxygen atoms in total. The fourth-order valence-corrected chi connectivity index (χ4v) is 5.41. The summed E-state index contributed by atoms with van der Waals surface area (Å²) < 4.78 is 154. The average molecular weight is 726 g/mol. The van der Waals surface area contributed by atoms with E-state index in [4.69, 9.17) is 19.3 Å². The van der Waals surface area contributed by atoms with Gasteiger partial charge >= 0.3 is 30.6 Å². The number of carboxylic acids is 1. The number of cyclic esters (lactones) is 1. The number of methoxy groups -OCH3 is 1. The SMILES string of the molecule is COc1cc(F)c(OCCCCCC(=O)O)cc1-c1ccc(C(F)(F)F)cc1CN1C(=O)O[C@H](c2cc(C(F)(F)F)cc(C(F)(F)F)c2)[C@@H]1C. The normalized spacial score (nSPS) is 16.8. The van der Waals surface area contributed by atoms with E-state index in [9.17, 15) is 53.5 Å². The van der Waals surface area contributed by atoms with Crippen molar-refractivity contribution >= 4 is 12.1 Å². The Hall–Kier alpha value is -4.70. The van der Waals surface area contributed by atoms with Gasteiger partial charge in [-0.05, 0) is 79.3 Å². The molecule has 0 saturated carbocycles. The van der Waals surface area contributed by atoms with Gasteiger partial charge in [-0.3, -0.25) is 9.69 Å². The van der Waals surface area contributed by atoms with Crippen LogP contribution >= 0.6 is 0 Å². The fourth-order valence-electron chi connectivity index (χ4n) is 5.41. The van der Waals surface area contributed by atoms with Crippen LogP contribution in [0.2, 0.25) is 0 Å². The summed E-state index contributed by atoms with van der Waals surface area (Å²) in [7, 11) is 1.17. The van der Waals surface area contributed by atoms with Crippen molar-refractivity contribution in [3.05, 3.63) is 82.2 Å². The molecule has 4 rings (SSSR count). The average Bonchev–Trinajstić information content (AvgIpc) is 3.30. The van der Waals surface area contributed by atoms with Crippen molar-refractivity contribution in [2.75, 3.05) is 13.7 Å². The smallest absolute Gasteiger partial charge is 0.416 e. The highest BCUT2D eigenvalue weighted by Gasteiger charge is 2.44. The summed E-state index contributed by atoms with van der Waals surface area (Å²) in [5.74, 6) is -2.33. The Bertz CT molecular complexity index is 1690. The number of hydrogen-bond acceptors (Lipinski definition) is 5. The maximum absolute atomic E-state index is 14.9. The summed E-state index contributed by atoms with van der Waals surface area (Å²) in [5, 5.41) is 8.76. The number of hydrogen-bond donors (Lipinski definition) is 1. The molecule has 0 aromatic heterocycles. The second kappa shape index (κ2) is 14.6. The maximum atomic E-state index is 14.9. The Balaban J connectivity index is 1.72. The van der Waals surface area contributed by atoms with Crippen molar-refractivity contribution in [1.82, 2.24) is 4.90 Å². The standard InChI is InChI=1S/C33H29F10NO6/c1-17-29(18-10-21(32(38,39)40)13-22(11-18)33(41,42)43)50-30(47)44(17)16-19-12-20(31(35,36)37)7-8-23(19)24-14-27(25(34)15-26(24)48-2)49-9-5-3-4-6-28(45)46/h7-8,10-15,17,29H,3-6,9,16H2,1-2H3,(H,45,46)/t17-,29-/m0/s1. The van der Waals surface area contributed by atoms with Crippen molar-refractivity contribution in [1.29, 1.82) is 0 Å². The van der Waals surface area contributed by atoms with Crippen molar-refractivity contribution < 1.29 is 72.8 Å². The first-order valence-electron chi connectivity index (χ1n) is 14.9. The quantitative estimate of drug-likeness (QED) is 0.148. The Kier molecular flexibility index (Phi) is 11.2. The number of carbonyl (C=O) groups excluding carboxylic acids is 1. The van der Waals surface area contributed by atoms with E-state index in [-0.39, 0.29) is 47.3 Å². The zero-order valence-corrected chi connectivity index (χ0v) is 26.2. The lowest BCUT2D eigenvalue weighted by Gasteiger charge is -2.24. The molecule has 1 amide bonds. The van der Waals surface area contributed by atoms with Gasteiger partial charge in [0.1, 0.15) is 11.9 Å². The molecule has 1 aliphatic heterocycles. The lowest BCUT2D eigenvalue weighted by atomic mass is 9.94. The molecule has 1 saturated heterocycles. The van der Waals surface area contributed by atoms with Crippen LogP contribution in [-0.4, -0.2) is 41.8 Å². The zero-order chi connectivity index (χ0) is 37.2. The molecule has 272 valence electrons. The summed E-state index contributed by atoms with van der Waals surface area (Å²) >= 11 is 0. The molecular formula is C33H29F10NO6. The molecule has 1 N–H and O–H groups in total. The monoisotopic (exact) mass is 725 g/mol. The van der Waals surface area contributed by atoms with Gasteiger partial charge in [0.15, 0.2) is 11.6 Å². The Morgan fingerprint density at radius 1 is 0.820 bits per heavy atom. The van der Waals surface area contributed by atoms with Gasteiger partial charge in [0.05, 0.1) is 43.0 Å². The molecule has 1 heterocycles. The second-order valence-corrected chi connectivity index (χ2v) is 11.4. The van der Waals surface area contributed by atoms with E-state index >= 15 is 0 Å². The fraction of sp³-hybridized carbons (Fsp3) is 0.394. The van der Waals surface area contributed by atoms with E-state index in [2.05, 4.69) is 0 Å². The van der Waals surface area contributed by atoms with Gasteiger partial charge in [0.2, 0.25) is 0 Å². The number of ether oxygens (including phenoxy) is 3. The molecular weight excluding hydrogens is 696 g/mol. The first kappa shape index (κ1) is 38.1. The van der Waals surface area contributed by atoms with Crippen molar-refractivity contribution in [3.8, 4) is 22.6 Å². The van der Waals surface area contributed by atoms with Gasteiger partial charge in [-0.2, -0.15) is 39.5 Å². The summed E-state index contributed by atoms with van der Waals surface area (Å²) in [4.78, 5) is 24.6. The zero-order valence-electron chi connectivity index (χ0n) is 26.2. The van der Waals surface area contributed by atoms with Crippen molar-refractivity contribution in [3.63, 3.8) is 0 Å². The number of alkyl halides is 9. The molecule has 0 unspecified atom stereocenters. The minimum absolute atomic E-state index is 0.00281. The maximum Gasteiger partial charge on any atom is 0.416 e. The van der Waals surface area contributed by atoms with Crippen LogP contribution in [0.25, 0.3) is 11.1 Å². The van der Waals surface area contributed by atoms with Gasteiger partial charge in [-0.15, -0.1) is 0 Å². The highest BCUT2D eigenvalue weighted by molar-refractivity contribution is 5.77. The third-order valence-corrected chi connectivity index (χ3v) is 7.94. The molecule has 3 aromatic carbocycles.